The maximum Gasteiger partial charge on any atom is 0.332 e. The second kappa shape index (κ2) is 6.15. The molecule has 2 unspecified atom stereocenters. The van der Waals surface area contributed by atoms with Gasteiger partial charge in [0.05, 0.1) is 12.3 Å². The number of hydrogen-bond donors (Lipinski definition) is 1. The van der Waals surface area contributed by atoms with E-state index in [0.717, 1.165) is 15.6 Å². The molecule has 0 radical (unpaired) electrons. The van der Waals surface area contributed by atoms with Crippen molar-refractivity contribution in [3.63, 3.8) is 0 Å². The molecule has 0 saturated carbocycles. The maximum absolute atomic E-state index is 11.8. The van der Waals surface area contributed by atoms with Crippen LogP contribution >= 0.6 is 30.2 Å². The van der Waals surface area contributed by atoms with Crippen LogP contribution in [-0.2, 0) is 15.3 Å². The average Bonchev–Trinajstić information content (AvgIpc) is 2.20. The van der Waals surface area contributed by atoms with Crippen LogP contribution in [0.3, 0.4) is 0 Å². The summed E-state index contributed by atoms with van der Waals surface area (Å²) in [5, 5.41) is 0. The predicted octanol–water partition coefficient (Wildman–Crippen LogP) is 3.79. The molecule has 3 nitrogen and oxygen atoms in total. The van der Waals surface area contributed by atoms with Crippen LogP contribution in [-0.4, -0.2) is 11.0 Å². The second-order valence-electron chi connectivity index (χ2n) is 3.71. The van der Waals surface area contributed by atoms with Crippen molar-refractivity contribution < 1.29 is 14.0 Å². The monoisotopic (exact) mass is 354 g/mol. The largest absolute Gasteiger partial charge is 0.332 e. The third kappa shape index (κ3) is 4.53. The van der Waals surface area contributed by atoms with Gasteiger partial charge in [0.25, 0.3) is 0 Å². The van der Waals surface area contributed by atoms with Crippen LogP contribution in [0, 0.1) is 3.57 Å². The molecule has 0 amide bonds. The second-order valence-corrected chi connectivity index (χ2v) is 6.68. The Morgan fingerprint density at radius 1 is 1.50 bits per heavy atom. The number of benzene rings is 1. The summed E-state index contributed by atoms with van der Waals surface area (Å²) in [5.74, 6) is 0. The zero-order valence-electron chi connectivity index (χ0n) is 9.39. The fourth-order valence-electron chi connectivity index (χ4n) is 1.23. The van der Waals surface area contributed by atoms with Gasteiger partial charge in [0.2, 0.25) is 0 Å². The summed E-state index contributed by atoms with van der Waals surface area (Å²) in [6.07, 6.45) is 0.629. The molecule has 2 atom stereocenters. The molecule has 1 aromatic carbocycles. The van der Waals surface area contributed by atoms with E-state index in [2.05, 4.69) is 22.6 Å². The molecule has 0 saturated heterocycles. The van der Waals surface area contributed by atoms with Crippen LogP contribution < -0.4 is 0 Å². The minimum Gasteiger partial charge on any atom is -0.324 e. The molecule has 1 aromatic rings. The Morgan fingerprint density at radius 3 is 2.69 bits per heavy atom. The van der Waals surface area contributed by atoms with E-state index in [0.29, 0.717) is 0 Å². The van der Waals surface area contributed by atoms with Gasteiger partial charge in [-0.05, 0) is 47.6 Å². The van der Waals surface area contributed by atoms with Gasteiger partial charge in [-0.3, -0.25) is 4.57 Å². The normalized spacial score (nSPS) is 16.8. The molecule has 5 heteroatoms. The first-order valence-electron chi connectivity index (χ1n) is 5.18. The molecule has 90 valence electrons. The molecule has 0 aliphatic carbocycles. The molecule has 0 aliphatic rings. The lowest BCUT2D eigenvalue weighted by Gasteiger charge is -2.17. The zero-order chi connectivity index (χ0) is 12.2. The number of halogens is 1. The molecule has 0 aromatic heterocycles. The van der Waals surface area contributed by atoms with Gasteiger partial charge in [-0.25, -0.2) is 0 Å². The van der Waals surface area contributed by atoms with Crippen molar-refractivity contribution in [3.8, 4) is 0 Å². The highest BCUT2D eigenvalue weighted by Crippen LogP contribution is 2.47. The van der Waals surface area contributed by atoms with E-state index in [1.165, 1.54) is 0 Å². The predicted molar refractivity (Wildman–Crippen MR) is 73.5 cm³/mol. The lowest BCUT2D eigenvalue weighted by Crippen LogP contribution is -2.06. The Hall–Kier alpha value is 0.100. The van der Waals surface area contributed by atoms with Crippen molar-refractivity contribution in [1.82, 2.24) is 0 Å². The summed E-state index contributed by atoms with van der Waals surface area (Å²) in [5.41, 5.74) is 0.859. The van der Waals surface area contributed by atoms with Crippen LogP contribution in [0.5, 0.6) is 0 Å². The Morgan fingerprint density at radius 2 is 2.12 bits per heavy atom. The van der Waals surface area contributed by atoms with Gasteiger partial charge in [0.15, 0.2) is 0 Å². The summed E-state index contributed by atoms with van der Waals surface area (Å²) < 4.78 is 18.0. The Bertz CT molecular complexity index is 395. The zero-order valence-corrected chi connectivity index (χ0v) is 12.4. The third-order valence-corrected chi connectivity index (χ3v) is 4.73. The Balaban J connectivity index is 2.73. The molecular weight excluding hydrogens is 338 g/mol. The van der Waals surface area contributed by atoms with Gasteiger partial charge in [0.1, 0.15) is 0 Å². The van der Waals surface area contributed by atoms with E-state index in [-0.39, 0.29) is 12.3 Å². The fraction of sp³-hybridized carbons (Fsp3) is 0.455. The molecule has 1 N–H and O–H groups in total. The van der Waals surface area contributed by atoms with Crippen molar-refractivity contribution >= 4 is 30.2 Å². The van der Waals surface area contributed by atoms with E-state index >= 15 is 0 Å². The van der Waals surface area contributed by atoms with Crippen molar-refractivity contribution in [3.05, 3.63) is 33.4 Å². The van der Waals surface area contributed by atoms with E-state index in [9.17, 15) is 9.46 Å². The van der Waals surface area contributed by atoms with Crippen LogP contribution in [0.2, 0.25) is 0 Å². The highest BCUT2D eigenvalue weighted by atomic mass is 127. The highest BCUT2D eigenvalue weighted by Gasteiger charge is 2.23. The first-order chi connectivity index (χ1) is 7.44. The molecule has 16 heavy (non-hydrogen) atoms. The Kier molecular flexibility index (Phi) is 5.44. The highest BCUT2D eigenvalue weighted by molar-refractivity contribution is 14.1. The van der Waals surface area contributed by atoms with Gasteiger partial charge in [-0.15, -0.1) is 0 Å². The van der Waals surface area contributed by atoms with Gasteiger partial charge in [-0.1, -0.05) is 25.1 Å². The van der Waals surface area contributed by atoms with Crippen molar-refractivity contribution in [2.75, 3.05) is 0 Å². The standard InChI is InChI=1S/C11H16IO3P/c1-3-9(2)15-16(13,14)8-10-6-4-5-7-11(10)12/h4-7,9H,3,8H2,1-2H3,(H,13,14). The quantitative estimate of drug-likeness (QED) is 0.647. The number of rotatable bonds is 5. The molecule has 0 bridgehead atoms. The molecule has 1 rings (SSSR count). The van der Waals surface area contributed by atoms with Crippen molar-refractivity contribution in [2.45, 2.75) is 32.5 Å². The summed E-state index contributed by atoms with van der Waals surface area (Å²) >= 11 is 2.16. The summed E-state index contributed by atoms with van der Waals surface area (Å²) in [6.45, 7) is 3.73. The third-order valence-electron chi connectivity index (χ3n) is 2.25. The lowest BCUT2D eigenvalue weighted by molar-refractivity contribution is 0.185. The minimum atomic E-state index is -3.52. The van der Waals surface area contributed by atoms with Crippen LogP contribution in [0.4, 0.5) is 0 Å². The van der Waals surface area contributed by atoms with Crippen LogP contribution in [0.25, 0.3) is 0 Å². The Labute approximate surface area is 110 Å². The lowest BCUT2D eigenvalue weighted by atomic mass is 10.2. The fourth-order valence-corrected chi connectivity index (χ4v) is 3.61. The first-order valence-corrected chi connectivity index (χ1v) is 8.02. The SMILES string of the molecule is CCC(C)OP(=O)(O)Cc1ccccc1I. The number of hydrogen-bond acceptors (Lipinski definition) is 2. The van der Waals surface area contributed by atoms with E-state index < -0.39 is 7.60 Å². The molecule has 0 fully saturated rings. The van der Waals surface area contributed by atoms with E-state index in [4.69, 9.17) is 4.52 Å². The first kappa shape index (κ1) is 14.2. The summed E-state index contributed by atoms with van der Waals surface area (Å²) in [6, 6.07) is 7.54. The van der Waals surface area contributed by atoms with Crippen LogP contribution in [0.15, 0.2) is 24.3 Å². The molecule has 0 aliphatic heterocycles. The topological polar surface area (TPSA) is 46.5 Å². The van der Waals surface area contributed by atoms with Gasteiger partial charge >= 0.3 is 7.60 Å². The minimum absolute atomic E-state index is 0.0798. The van der Waals surface area contributed by atoms with Crippen LogP contribution in [0.1, 0.15) is 25.8 Å². The van der Waals surface area contributed by atoms with Gasteiger partial charge < -0.3 is 9.42 Å². The molecule has 0 heterocycles. The molecule has 0 spiro atoms. The van der Waals surface area contributed by atoms with Gasteiger partial charge in [0, 0.05) is 3.57 Å². The van der Waals surface area contributed by atoms with Crippen molar-refractivity contribution in [2.24, 2.45) is 0 Å². The van der Waals surface area contributed by atoms with Crippen molar-refractivity contribution in [1.29, 1.82) is 0 Å². The van der Waals surface area contributed by atoms with E-state index in [1.54, 1.807) is 6.92 Å². The van der Waals surface area contributed by atoms with Gasteiger partial charge in [-0.2, -0.15) is 0 Å². The average molecular weight is 354 g/mol. The molecular formula is C11H16IO3P. The maximum atomic E-state index is 11.8. The summed E-state index contributed by atoms with van der Waals surface area (Å²) in [4.78, 5) is 9.72. The van der Waals surface area contributed by atoms with E-state index in [1.807, 2.05) is 31.2 Å². The summed E-state index contributed by atoms with van der Waals surface area (Å²) in [7, 11) is -3.52. The smallest absolute Gasteiger partial charge is 0.324 e.